The average molecular weight is 626 g/mol. The SMILES string of the molecule is NCCCCC(NC(=O)C(N)CCCN=C(N)N)C(=O)NC(Cc1c[nH]c2ccccc12)C(=O)NC(Cc1cnc[nH]1)C(=O)O. The summed E-state index contributed by atoms with van der Waals surface area (Å²) in [6.45, 7) is 0.692. The summed E-state index contributed by atoms with van der Waals surface area (Å²) in [5.74, 6) is -3.18. The highest BCUT2D eigenvalue weighted by molar-refractivity contribution is 5.95. The van der Waals surface area contributed by atoms with Crippen LogP contribution in [-0.2, 0) is 32.0 Å². The summed E-state index contributed by atoms with van der Waals surface area (Å²) in [4.78, 5) is 66.0. The Morgan fingerprint density at radius 1 is 0.889 bits per heavy atom. The molecule has 0 aliphatic heterocycles. The first-order valence-electron chi connectivity index (χ1n) is 14.8. The van der Waals surface area contributed by atoms with E-state index in [4.69, 9.17) is 22.9 Å². The molecule has 3 amide bonds. The number of fused-ring (bicyclic) bond motifs is 1. The van der Waals surface area contributed by atoms with Crippen molar-refractivity contribution < 1.29 is 24.3 Å². The monoisotopic (exact) mass is 625 g/mol. The van der Waals surface area contributed by atoms with E-state index in [0.717, 1.165) is 16.5 Å². The van der Waals surface area contributed by atoms with Gasteiger partial charge in [-0.2, -0.15) is 0 Å². The maximum absolute atomic E-state index is 13.7. The molecule has 0 spiro atoms. The molecule has 3 aromatic rings. The molecule has 4 atom stereocenters. The second-order valence-electron chi connectivity index (χ2n) is 10.7. The van der Waals surface area contributed by atoms with E-state index in [1.807, 2.05) is 24.3 Å². The van der Waals surface area contributed by atoms with Crippen LogP contribution in [0.1, 0.15) is 43.4 Å². The molecule has 0 saturated heterocycles. The van der Waals surface area contributed by atoms with Crippen LogP contribution < -0.4 is 38.9 Å². The number of guanidine groups is 1. The number of carbonyl (C=O) groups excluding carboxylic acids is 3. The van der Waals surface area contributed by atoms with Crippen LogP contribution in [0, 0.1) is 0 Å². The standard InChI is InChI=1S/C29H43N11O5/c30-10-4-3-9-22(38-25(41)20(31)7-5-11-35-29(32)33)26(42)39-23(12-17-14-36-21-8-2-1-6-19(17)21)27(43)40-24(28(44)45)13-18-15-34-16-37-18/h1-2,6,8,14-16,20,22-24,36H,3-5,7,9-13,30-31H2,(H,34,37)(H,38,41)(H,39,42)(H,40,43)(H,44,45)(H4,32,33,35). The van der Waals surface area contributed by atoms with E-state index in [0.29, 0.717) is 38.0 Å². The summed E-state index contributed by atoms with van der Waals surface area (Å²) in [5.41, 5.74) is 24.4. The van der Waals surface area contributed by atoms with E-state index in [1.165, 1.54) is 12.5 Å². The molecule has 0 aliphatic carbocycles. The fourth-order valence-electron chi connectivity index (χ4n) is 4.78. The van der Waals surface area contributed by atoms with E-state index in [9.17, 15) is 24.3 Å². The number of benzene rings is 1. The fourth-order valence-corrected chi connectivity index (χ4v) is 4.78. The van der Waals surface area contributed by atoms with E-state index >= 15 is 0 Å². The molecular formula is C29H43N11O5. The van der Waals surface area contributed by atoms with Crippen molar-refractivity contribution >= 4 is 40.6 Å². The zero-order chi connectivity index (χ0) is 32.8. The van der Waals surface area contributed by atoms with E-state index in [1.54, 1.807) is 6.20 Å². The molecule has 2 heterocycles. The number of nitrogens with two attached hydrogens (primary N) is 4. The van der Waals surface area contributed by atoms with Gasteiger partial charge in [-0.1, -0.05) is 18.2 Å². The zero-order valence-electron chi connectivity index (χ0n) is 25.0. The Bertz CT molecular complexity index is 1440. The number of H-pyrrole nitrogens is 2. The van der Waals surface area contributed by atoms with Gasteiger partial charge in [0.2, 0.25) is 17.7 Å². The van der Waals surface area contributed by atoms with Crippen LogP contribution in [0.25, 0.3) is 10.9 Å². The minimum atomic E-state index is -1.29. The topological polar surface area (TPSA) is 286 Å². The van der Waals surface area contributed by atoms with Crippen molar-refractivity contribution in [3.05, 3.63) is 54.2 Å². The van der Waals surface area contributed by atoms with Crippen LogP contribution in [0.2, 0.25) is 0 Å². The second kappa shape index (κ2) is 17.4. The number of imidazole rings is 1. The number of hydrogen-bond acceptors (Lipinski definition) is 8. The van der Waals surface area contributed by atoms with Gasteiger partial charge in [-0.25, -0.2) is 9.78 Å². The van der Waals surface area contributed by atoms with Gasteiger partial charge >= 0.3 is 5.97 Å². The summed E-state index contributed by atoms with van der Waals surface area (Å²) in [5, 5.41) is 18.7. The highest BCUT2D eigenvalue weighted by Crippen LogP contribution is 2.19. The van der Waals surface area contributed by atoms with E-state index in [-0.39, 0.29) is 31.6 Å². The summed E-state index contributed by atoms with van der Waals surface area (Å²) in [7, 11) is 0. The largest absolute Gasteiger partial charge is 0.480 e. The highest BCUT2D eigenvalue weighted by Gasteiger charge is 2.31. The Balaban J connectivity index is 1.80. The van der Waals surface area contributed by atoms with Gasteiger partial charge in [-0.15, -0.1) is 0 Å². The maximum atomic E-state index is 13.7. The number of nitrogens with zero attached hydrogens (tertiary/aromatic N) is 2. The smallest absolute Gasteiger partial charge is 0.326 e. The highest BCUT2D eigenvalue weighted by atomic mass is 16.4. The van der Waals surface area contributed by atoms with Gasteiger partial charge in [-0.3, -0.25) is 19.4 Å². The number of aliphatic carboxylic acids is 1. The third kappa shape index (κ3) is 10.9. The van der Waals surface area contributed by atoms with Gasteiger partial charge in [0.15, 0.2) is 5.96 Å². The lowest BCUT2D eigenvalue weighted by Gasteiger charge is -2.25. The van der Waals surface area contributed by atoms with Crippen molar-refractivity contribution in [2.45, 2.75) is 69.1 Å². The molecule has 0 bridgehead atoms. The van der Waals surface area contributed by atoms with Gasteiger partial charge in [0.05, 0.1) is 12.4 Å². The van der Waals surface area contributed by atoms with Crippen molar-refractivity contribution in [1.29, 1.82) is 0 Å². The van der Waals surface area contributed by atoms with Crippen molar-refractivity contribution in [3.63, 3.8) is 0 Å². The molecular weight excluding hydrogens is 582 g/mol. The number of nitrogens with one attached hydrogen (secondary N) is 5. The van der Waals surface area contributed by atoms with E-state index in [2.05, 4.69) is 35.9 Å². The van der Waals surface area contributed by atoms with Crippen LogP contribution >= 0.6 is 0 Å². The number of para-hydroxylation sites is 1. The molecule has 14 N–H and O–H groups in total. The van der Waals surface area contributed by atoms with Crippen molar-refractivity contribution in [1.82, 2.24) is 30.9 Å². The summed E-state index contributed by atoms with van der Waals surface area (Å²) < 4.78 is 0. The number of carboxylic acid groups (broad SMARTS) is 1. The number of carboxylic acids is 1. The Hall–Kier alpha value is -4.96. The minimum Gasteiger partial charge on any atom is -0.480 e. The molecule has 0 radical (unpaired) electrons. The molecule has 244 valence electrons. The van der Waals surface area contributed by atoms with Crippen LogP contribution in [0.5, 0.6) is 0 Å². The summed E-state index contributed by atoms with van der Waals surface area (Å²) in [6, 6.07) is 3.05. The predicted molar refractivity (Wildman–Crippen MR) is 169 cm³/mol. The third-order valence-corrected chi connectivity index (χ3v) is 7.21. The van der Waals surface area contributed by atoms with Crippen molar-refractivity contribution in [2.75, 3.05) is 13.1 Å². The number of unbranched alkanes of at least 4 members (excludes halogenated alkanes) is 1. The Morgan fingerprint density at radius 2 is 1.60 bits per heavy atom. The zero-order valence-corrected chi connectivity index (χ0v) is 25.0. The van der Waals surface area contributed by atoms with Gasteiger partial charge in [0.25, 0.3) is 0 Å². The number of aliphatic imine (C=N–C) groups is 1. The van der Waals surface area contributed by atoms with Crippen molar-refractivity contribution in [2.24, 2.45) is 27.9 Å². The van der Waals surface area contributed by atoms with Crippen LogP contribution in [-0.4, -0.2) is 87.0 Å². The van der Waals surface area contributed by atoms with Crippen LogP contribution in [0.15, 0.2) is 48.0 Å². The van der Waals surface area contributed by atoms with E-state index < -0.39 is 47.9 Å². The molecule has 4 unspecified atom stereocenters. The molecule has 16 nitrogen and oxygen atoms in total. The van der Waals surface area contributed by atoms with Crippen LogP contribution in [0.3, 0.4) is 0 Å². The minimum absolute atomic E-state index is 0.0474. The maximum Gasteiger partial charge on any atom is 0.326 e. The summed E-state index contributed by atoms with van der Waals surface area (Å²) >= 11 is 0. The van der Waals surface area contributed by atoms with Crippen molar-refractivity contribution in [3.8, 4) is 0 Å². The molecule has 1 aromatic carbocycles. The summed E-state index contributed by atoms with van der Waals surface area (Å²) in [6.07, 6.45) is 6.71. The molecule has 0 saturated carbocycles. The quantitative estimate of drug-likeness (QED) is 0.0428. The molecule has 16 heteroatoms. The first-order chi connectivity index (χ1) is 21.6. The first-order valence-corrected chi connectivity index (χ1v) is 14.8. The average Bonchev–Trinajstić information content (AvgIpc) is 3.68. The lowest BCUT2D eigenvalue weighted by Crippen LogP contribution is -2.57. The normalized spacial score (nSPS) is 13.7. The number of carbonyl (C=O) groups is 4. The van der Waals surface area contributed by atoms with Gasteiger partial charge in [0, 0.05) is 48.4 Å². The lowest BCUT2D eigenvalue weighted by molar-refractivity contribution is -0.142. The number of hydrogen-bond donors (Lipinski definition) is 10. The molecule has 2 aromatic heterocycles. The number of amides is 3. The molecule has 0 aliphatic rings. The second-order valence-corrected chi connectivity index (χ2v) is 10.7. The molecule has 45 heavy (non-hydrogen) atoms. The predicted octanol–water partition coefficient (Wildman–Crippen LogP) is -1.27. The van der Waals surface area contributed by atoms with Gasteiger partial charge in [0.1, 0.15) is 18.1 Å². The number of aromatic amines is 2. The molecule has 3 rings (SSSR count). The third-order valence-electron chi connectivity index (χ3n) is 7.21. The van der Waals surface area contributed by atoms with Crippen LogP contribution in [0.4, 0.5) is 0 Å². The Morgan fingerprint density at radius 3 is 2.29 bits per heavy atom. The first kappa shape index (κ1) is 34.5. The van der Waals surface area contributed by atoms with Gasteiger partial charge in [-0.05, 0) is 50.3 Å². The number of rotatable bonds is 19. The number of aromatic nitrogens is 3. The molecule has 0 fully saturated rings. The Kier molecular flexibility index (Phi) is 13.3. The van der Waals surface area contributed by atoms with Gasteiger partial charge < -0.3 is 54.0 Å². The lowest BCUT2D eigenvalue weighted by atomic mass is 10.0. The Labute approximate surface area is 260 Å². The fraction of sp³-hybridized carbons (Fsp3) is 0.448.